The number of hydrogen-bond donors (Lipinski definition) is 1. The van der Waals surface area contributed by atoms with Gasteiger partial charge in [0.25, 0.3) is 0 Å². The molecule has 0 saturated carbocycles. The standard InChI is InChI=1S/C22H24N4O4/c1-14-12-17(13-15(2)23-14)25-8-10-26(11-9-25)21-19(22(27)28)20(30-24-21)16-4-6-18(29-3)7-5-16/h4-7,12-13H,8-11H2,1-3H3,(H,27,28). The van der Waals surface area contributed by atoms with Gasteiger partial charge in [0.05, 0.1) is 7.11 Å². The van der Waals surface area contributed by atoms with Crippen molar-refractivity contribution < 1.29 is 19.2 Å². The maximum Gasteiger partial charge on any atom is 0.343 e. The van der Waals surface area contributed by atoms with Crippen LogP contribution in [0.2, 0.25) is 0 Å². The fourth-order valence-corrected chi connectivity index (χ4v) is 3.80. The summed E-state index contributed by atoms with van der Waals surface area (Å²) >= 11 is 0. The highest BCUT2D eigenvalue weighted by Crippen LogP contribution is 2.33. The number of ether oxygens (including phenoxy) is 1. The Morgan fingerprint density at radius 3 is 2.20 bits per heavy atom. The van der Waals surface area contributed by atoms with Crippen molar-refractivity contribution in [3.63, 3.8) is 0 Å². The van der Waals surface area contributed by atoms with Crippen molar-refractivity contribution in [3.05, 3.63) is 53.3 Å². The minimum absolute atomic E-state index is 0.0872. The molecule has 0 spiro atoms. The summed E-state index contributed by atoms with van der Waals surface area (Å²) < 4.78 is 10.6. The van der Waals surface area contributed by atoms with Gasteiger partial charge in [-0.25, -0.2) is 4.79 Å². The largest absolute Gasteiger partial charge is 0.497 e. The van der Waals surface area contributed by atoms with E-state index < -0.39 is 5.97 Å². The lowest BCUT2D eigenvalue weighted by Crippen LogP contribution is -2.47. The van der Waals surface area contributed by atoms with E-state index in [4.69, 9.17) is 9.26 Å². The number of carboxylic acid groups (broad SMARTS) is 1. The van der Waals surface area contributed by atoms with Gasteiger partial charge in [-0.2, -0.15) is 0 Å². The highest BCUT2D eigenvalue weighted by molar-refractivity contribution is 5.99. The molecule has 1 fully saturated rings. The number of pyridine rings is 1. The summed E-state index contributed by atoms with van der Waals surface area (Å²) in [4.78, 5) is 20.7. The van der Waals surface area contributed by atoms with Gasteiger partial charge in [-0.3, -0.25) is 4.98 Å². The molecule has 4 rings (SSSR count). The highest BCUT2D eigenvalue weighted by Gasteiger charge is 2.29. The van der Waals surface area contributed by atoms with Crippen LogP contribution in [0.25, 0.3) is 11.3 Å². The second-order valence-electron chi connectivity index (χ2n) is 7.33. The summed E-state index contributed by atoms with van der Waals surface area (Å²) in [5.74, 6) is 0.256. The summed E-state index contributed by atoms with van der Waals surface area (Å²) in [5.41, 5.74) is 3.84. The molecule has 0 bridgehead atoms. The van der Waals surface area contributed by atoms with Crippen LogP contribution < -0.4 is 14.5 Å². The van der Waals surface area contributed by atoms with Crippen LogP contribution in [0, 0.1) is 13.8 Å². The van der Waals surface area contributed by atoms with Crippen LogP contribution in [0.15, 0.2) is 40.9 Å². The van der Waals surface area contributed by atoms with E-state index in [2.05, 4.69) is 27.2 Å². The summed E-state index contributed by atoms with van der Waals surface area (Å²) in [7, 11) is 1.58. The number of carbonyl (C=O) groups is 1. The Hall–Kier alpha value is -3.55. The number of hydrogen-bond acceptors (Lipinski definition) is 7. The van der Waals surface area contributed by atoms with Crippen molar-refractivity contribution in [1.29, 1.82) is 0 Å². The zero-order valence-corrected chi connectivity index (χ0v) is 17.3. The minimum atomic E-state index is -1.06. The first kappa shape index (κ1) is 19.8. The van der Waals surface area contributed by atoms with Crippen LogP contribution in [-0.4, -0.2) is 54.5 Å². The van der Waals surface area contributed by atoms with Crippen molar-refractivity contribution >= 4 is 17.5 Å². The zero-order chi connectivity index (χ0) is 21.3. The van der Waals surface area contributed by atoms with Gasteiger partial charge in [-0.15, -0.1) is 0 Å². The van der Waals surface area contributed by atoms with Crippen molar-refractivity contribution in [2.24, 2.45) is 0 Å². The van der Waals surface area contributed by atoms with Gasteiger partial charge in [0, 0.05) is 48.8 Å². The molecule has 0 atom stereocenters. The predicted octanol–water partition coefficient (Wildman–Crippen LogP) is 3.39. The number of nitrogens with zero attached hydrogens (tertiary/aromatic N) is 4. The Morgan fingerprint density at radius 1 is 1.03 bits per heavy atom. The normalized spacial score (nSPS) is 14.1. The average Bonchev–Trinajstić information content (AvgIpc) is 3.19. The lowest BCUT2D eigenvalue weighted by molar-refractivity contribution is 0.0697. The van der Waals surface area contributed by atoms with Crippen LogP contribution >= 0.6 is 0 Å². The van der Waals surface area contributed by atoms with Gasteiger partial charge in [0.15, 0.2) is 17.1 Å². The summed E-state index contributed by atoms with van der Waals surface area (Å²) in [6.07, 6.45) is 0. The summed E-state index contributed by atoms with van der Waals surface area (Å²) in [6.45, 7) is 6.79. The average molecular weight is 408 g/mol. The Balaban J connectivity index is 1.56. The number of benzene rings is 1. The third kappa shape index (κ3) is 3.80. The van der Waals surface area contributed by atoms with Crippen LogP contribution in [0.4, 0.5) is 11.5 Å². The van der Waals surface area contributed by atoms with Crippen LogP contribution in [0.5, 0.6) is 5.75 Å². The molecule has 0 radical (unpaired) electrons. The van der Waals surface area contributed by atoms with Crippen molar-refractivity contribution in [1.82, 2.24) is 10.1 Å². The van der Waals surface area contributed by atoms with Crippen molar-refractivity contribution in [3.8, 4) is 17.1 Å². The van der Waals surface area contributed by atoms with E-state index in [1.54, 1.807) is 31.4 Å². The molecule has 1 aromatic carbocycles. The number of carboxylic acids is 1. The predicted molar refractivity (Wildman–Crippen MR) is 114 cm³/mol. The molecule has 8 heteroatoms. The number of aromatic nitrogens is 2. The highest BCUT2D eigenvalue weighted by atomic mass is 16.5. The first-order chi connectivity index (χ1) is 14.5. The molecule has 1 aliphatic heterocycles. The first-order valence-electron chi connectivity index (χ1n) is 9.79. The second-order valence-corrected chi connectivity index (χ2v) is 7.33. The SMILES string of the molecule is COc1ccc(-c2onc(N3CCN(c4cc(C)nc(C)c4)CC3)c2C(=O)O)cc1. The smallest absolute Gasteiger partial charge is 0.343 e. The summed E-state index contributed by atoms with van der Waals surface area (Å²) in [5, 5.41) is 14.0. The quantitative estimate of drug-likeness (QED) is 0.687. The molecule has 3 aromatic rings. The topological polar surface area (TPSA) is 91.9 Å². The van der Waals surface area contributed by atoms with Gasteiger partial charge < -0.3 is 24.2 Å². The molecule has 0 unspecified atom stereocenters. The maximum absolute atomic E-state index is 12.0. The number of piperazine rings is 1. The molecule has 8 nitrogen and oxygen atoms in total. The van der Waals surface area contributed by atoms with Crippen LogP contribution in [0.3, 0.4) is 0 Å². The monoisotopic (exact) mass is 408 g/mol. The Morgan fingerprint density at radius 2 is 1.63 bits per heavy atom. The van der Waals surface area contributed by atoms with Crippen LogP contribution in [-0.2, 0) is 0 Å². The van der Waals surface area contributed by atoms with Gasteiger partial charge >= 0.3 is 5.97 Å². The van der Waals surface area contributed by atoms with Crippen LogP contribution in [0.1, 0.15) is 21.7 Å². The Bertz CT molecular complexity index is 1030. The molecule has 1 aliphatic rings. The van der Waals surface area contributed by atoms with Gasteiger partial charge in [-0.05, 0) is 50.2 Å². The molecule has 30 heavy (non-hydrogen) atoms. The van der Waals surface area contributed by atoms with Gasteiger partial charge in [-0.1, -0.05) is 5.16 Å². The van der Waals surface area contributed by atoms with E-state index in [9.17, 15) is 9.90 Å². The number of anilines is 2. The number of rotatable bonds is 5. The molecule has 0 aliphatic carbocycles. The molecular formula is C22H24N4O4. The molecule has 156 valence electrons. The number of aryl methyl sites for hydroxylation is 2. The van der Waals surface area contributed by atoms with E-state index in [1.807, 2.05) is 18.7 Å². The fourth-order valence-electron chi connectivity index (χ4n) is 3.80. The lowest BCUT2D eigenvalue weighted by atomic mass is 10.1. The Labute approximate surface area is 174 Å². The molecular weight excluding hydrogens is 384 g/mol. The van der Waals surface area contributed by atoms with Gasteiger partial charge in [0.2, 0.25) is 0 Å². The van der Waals surface area contributed by atoms with Gasteiger partial charge in [0.1, 0.15) is 5.75 Å². The lowest BCUT2D eigenvalue weighted by Gasteiger charge is -2.36. The van der Waals surface area contributed by atoms with Crippen molar-refractivity contribution in [2.45, 2.75) is 13.8 Å². The number of methoxy groups -OCH3 is 1. The van der Waals surface area contributed by atoms with E-state index in [0.29, 0.717) is 30.2 Å². The third-order valence-electron chi connectivity index (χ3n) is 5.25. The third-order valence-corrected chi connectivity index (χ3v) is 5.25. The van der Waals surface area contributed by atoms with E-state index in [0.717, 1.165) is 30.2 Å². The summed E-state index contributed by atoms with van der Waals surface area (Å²) in [6, 6.07) is 11.2. The molecule has 0 amide bonds. The van der Waals surface area contributed by atoms with E-state index in [-0.39, 0.29) is 11.3 Å². The number of aromatic carboxylic acids is 1. The maximum atomic E-state index is 12.0. The molecule has 2 aromatic heterocycles. The van der Waals surface area contributed by atoms with Crippen molar-refractivity contribution in [2.75, 3.05) is 43.1 Å². The van der Waals surface area contributed by atoms with E-state index >= 15 is 0 Å². The van der Waals surface area contributed by atoms with E-state index in [1.165, 1.54) is 0 Å². The zero-order valence-electron chi connectivity index (χ0n) is 17.3. The Kier molecular flexibility index (Phi) is 5.31. The molecule has 1 N–H and O–H groups in total. The molecule has 3 heterocycles. The molecule has 1 saturated heterocycles. The first-order valence-corrected chi connectivity index (χ1v) is 9.79. The fraction of sp³-hybridized carbons (Fsp3) is 0.318. The minimum Gasteiger partial charge on any atom is -0.497 e. The second kappa shape index (κ2) is 8.06.